The summed E-state index contributed by atoms with van der Waals surface area (Å²) >= 11 is 0. The summed E-state index contributed by atoms with van der Waals surface area (Å²) in [6, 6.07) is 0.405. The zero-order valence-corrected chi connectivity index (χ0v) is 9.06. The number of nitrogens with one attached hydrogen (secondary N) is 1. The van der Waals surface area contributed by atoms with Crippen LogP contribution in [0.2, 0.25) is 0 Å². The van der Waals surface area contributed by atoms with Gasteiger partial charge in [-0.15, -0.1) is 0 Å². The number of halogens is 2. The van der Waals surface area contributed by atoms with Gasteiger partial charge in [-0.25, -0.2) is 8.78 Å². The van der Waals surface area contributed by atoms with Gasteiger partial charge in [-0.2, -0.15) is 0 Å². The second-order valence-corrected chi connectivity index (χ2v) is 3.30. The summed E-state index contributed by atoms with van der Waals surface area (Å²) in [5.41, 5.74) is 0. The van der Waals surface area contributed by atoms with Crippen LogP contribution < -0.4 is 5.32 Å². The number of ether oxygens (including phenoxy) is 1. The van der Waals surface area contributed by atoms with E-state index in [2.05, 4.69) is 12.2 Å². The van der Waals surface area contributed by atoms with Gasteiger partial charge in [0.1, 0.15) is 6.61 Å². The predicted molar refractivity (Wildman–Crippen MR) is 53.8 cm³/mol. The normalized spacial score (nSPS) is 13.5. The van der Waals surface area contributed by atoms with Crippen molar-refractivity contribution >= 4 is 0 Å². The lowest BCUT2D eigenvalue weighted by molar-refractivity contribution is 0.0142. The first kappa shape index (κ1) is 13.8. The van der Waals surface area contributed by atoms with E-state index in [9.17, 15) is 8.78 Å². The Kier molecular flexibility index (Phi) is 9.19. The van der Waals surface area contributed by atoms with Gasteiger partial charge in [0.15, 0.2) is 0 Å². The second-order valence-electron chi connectivity index (χ2n) is 3.30. The van der Waals surface area contributed by atoms with Crippen molar-refractivity contribution in [3.8, 4) is 0 Å². The molecule has 1 atom stereocenters. The van der Waals surface area contributed by atoms with Crippen LogP contribution >= 0.6 is 0 Å². The molecule has 1 N–H and O–H groups in total. The van der Waals surface area contributed by atoms with Crippen LogP contribution in [0.5, 0.6) is 0 Å². The molecule has 0 rings (SSSR count). The van der Waals surface area contributed by atoms with Crippen LogP contribution in [-0.2, 0) is 4.74 Å². The lowest BCUT2D eigenvalue weighted by Crippen LogP contribution is -2.30. The molecule has 0 amide bonds. The van der Waals surface area contributed by atoms with Gasteiger partial charge in [0.05, 0.1) is 0 Å². The van der Waals surface area contributed by atoms with Crippen LogP contribution in [0.25, 0.3) is 0 Å². The summed E-state index contributed by atoms with van der Waals surface area (Å²) in [5.74, 6) is 0. The number of rotatable bonds is 9. The highest BCUT2D eigenvalue weighted by atomic mass is 19.3. The third kappa shape index (κ3) is 8.38. The predicted octanol–water partition coefficient (Wildman–Crippen LogP) is 2.44. The zero-order valence-electron chi connectivity index (χ0n) is 9.06. The van der Waals surface area contributed by atoms with E-state index in [-0.39, 0.29) is 0 Å². The third-order valence-corrected chi connectivity index (χ3v) is 1.98. The summed E-state index contributed by atoms with van der Waals surface area (Å²) in [6.45, 7) is 5.06. The van der Waals surface area contributed by atoms with Gasteiger partial charge in [0.25, 0.3) is 6.43 Å². The van der Waals surface area contributed by atoms with E-state index in [1.807, 2.05) is 6.92 Å². The maximum Gasteiger partial charge on any atom is 0.261 e. The molecule has 4 heteroatoms. The Bertz CT molecular complexity index is 117. The van der Waals surface area contributed by atoms with Crippen LogP contribution in [0.3, 0.4) is 0 Å². The fraction of sp³-hybridized carbons (Fsp3) is 1.00. The molecule has 0 heterocycles. The van der Waals surface area contributed by atoms with Gasteiger partial charge in [0.2, 0.25) is 0 Å². The average molecular weight is 209 g/mol. The van der Waals surface area contributed by atoms with Crippen LogP contribution in [0.1, 0.15) is 33.1 Å². The minimum atomic E-state index is -2.35. The molecular formula is C10H21F2NO. The van der Waals surface area contributed by atoms with Gasteiger partial charge in [0, 0.05) is 12.6 Å². The largest absolute Gasteiger partial charge is 0.375 e. The van der Waals surface area contributed by atoms with Crippen LogP contribution in [-0.4, -0.2) is 32.2 Å². The molecule has 0 aromatic carbocycles. The van der Waals surface area contributed by atoms with Crippen molar-refractivity contribution in [3.63, 3.8) is 0 Å². The van der Waals surface area contributed by atoms with E-state index in [1.54, 1.807) is 0 Å². The standard InChI is InChI=1S/C10H21F2NO/c1-3-5-9(13-4-2)6-7-14-8-10(11)12/h9-10,13H,3-8H2,1-2H3. The summed E-state index contributed by atoms with van der Waals surface area (Å²) in [7, 11) is 0. The number of alkyl halides is 2. The Morgan fingerprint density at radius 2 is 1.93 bits per heavy atom. The highest BCUT2D eigenvalue weighted by Crippen LogP contribution is 2.02. The summed E-state index contributed by atoms with van der Waals surface area (Å²) in [6.07, 6.45) is 0.644. The summed E-state index contributed by atoms with van der Waals surface area (Å²) < 4.78 is 28.3. The van der Waals surface area contributed by atoms with Gasteiger partial charge >= 0.3 is 0 Å². The maximum absolute atomic E-state index is 11.7. The van der Waals surface area contributed by atoms with E-state index in [4.69, 9.17) is 4.74 Å². The fourth-order valence-corrected chi connectivity index (χ4v) is 1.38. The Morgan fingerprint density at radius 1 is 1.21 bits per heavy atom. The molecular weight excluding hydrogens is 188 g/mol. The molecule has 2 nitrogen and oxygen atoms in total. The molecule has 0 fully saturated rings. The molecule has 0 radical (unpaired) electrons. The van der Waals surface area contributed by atoms with Crippen molar-refractivity contribution < 1.29 is 13.5 Å². The highest BCUT2D eigenvalue weighted by Gasteiger charge is 2.07. The Hall–Kier alpha value is -0.220. The van der Waals surface area contributed by atoms with Gasteiger partial charge < -0.3 is 10.1 Å². The topological polar surface area (TPSA) is 21.3 Å². The molecule has 0 aromatic heterocycles. The first-order chi connectivity index (χ1) is 6.70. The van der Waals surface area contributed by atoms with Crippen molar-refractivity contribution in [3.05, 3.63) is 0 Å². The Morgan fingerprint density at radius 3 is 2.43 bits per heavy atom. The van der Waals surface area contributed by atoms with E-state index >= 15 is 0 Å². The molecule has 0 saturated heterocycles. The Balaban J connectivity index is 3.40. The van der Waals surface area contributed by atoms with Crippen LogP contribution in [0, 0.1) is 0 Å². The molecule has 0 aromatic rings. The van der Waals surface area contributed by atoms with Crippen molar-refractivity contribution in [2.75, 3.05) is 19.8 Å². The quantitative estimate of drug-likeness (QED) is 0.589. The monoisotopic (exact) mass is 209 g/mol. The molecule has 0 bridgehead atoms. The fourth-order valence-electron chi connectivity index (χ4n) is 1.38. The second kappa shape index (κ2) is 9.34. The lowest BCUT2D eigenvalue weighted by atomic mass is 10.1. The van der Waals surface area contributed by atoms with E-state index in [0.717, 1.165) is 25.8 Å². The number of hydrogen-bond acceptors (Lipinski definition) is 2. The molecule has 0 aliphatic heterocycles. The zero-order chi connectivity index (χ0) is 10.8. The molecule has 1 unspecified atom stereocenters. The SMILES string of the molecule is CCCC(CCOCC(F)F)NCC. The van der Waals surface area contributed by atoms with Gasteiger partial charge in [-0.3, -0.25) is 0 Å². The highest BCUT2D eigenvalue weighted by molar-refractivity contribution is 4.64. The Labute approximate surface area is 85.0 Å². The van der Waals surface area contributed by atoms with E-state index in [0.29, 0.717) is 12.6 Å². The third-order valence-electron chi connectivity index (χ3n) is 1.98. The molecule has 86 valence electrons. The van der Waals surface area contributed by atoms with Crippen molar-refractivity contribution in [2.24, 2.45) is 0 Å². The van der Waals surface area contributed by atoms with Crippen LogP contribution in [0.4, 0.5) is 8.78 Å². The summed E-state index contributed by atoms with van der Waals surface area (Å²) in [5, 5.41) is 3.30. The molecule has 0 spiro atoms. The molecule has 14 heavy (non-hydrogen) atoms. The smallest absolute Gasteiger partial charge is 0.261 e. The van der Waals surface area contributed by atoms with Crippen molar-refractivity contribution in [1.82, 2.24) is 5.32 Å². The number of hydrogen-bond donors (Lipinski definition) is 1. The van der Waals surface area contributed by atoms with Crippen molar-refractivity contribution in [1.29, 1.82) is 0 Å². The molecule has 0 saturated carbocycles. The van der Waals surface area contributed by atoms with E-state index in [1.165, 1.54) is 0 Å². The van der Waals surface area contributed by atoms with Gasteiger partial charge in [-0.1, -0.05) is 20.3 Å². The molecule has 0 aliphatic carbocycles. The minimum Gasteiger partial charge on any atom is -0.375 e. The average Bonchev–Trinajstić information content (AvgIpc) is 2.12. The van der Waals surface area contributed by atoms with E-state index < -0.39 is 13.0 Å². The maximum atomic E-state index is 11.7. The first-order valence-corrected chi connectivity index (χ1v) is 5.29. The molecule has 0 aliphatic rings. The van der Waals surface area contributed by atoms with Gasteiger partial charge in [-0.05, 0) is 19.4 Å². The lowest BCUT2D eigenvalue weighted by Gasteiger charge is -2.16. The first-order valence-electron chi connectivity index (χ1n) is 5.29. The van der Waals surface area contributed by atoms with Crippen LogP contribution in [0.15, 0.2) is 0 Å². The minimum absolute atomic E-state index is 0.405. The van der Waals surface area contributed by atoms with Crippen molar-refractivity contribution in [2.45, 2.75) is 45.6 Å². The summed E-state index contributed by atoms with van der Waals surface area (Å²) in [4.78, 5) is 0.